The minimum Gasteiger partial charge on any atom is -0.243 e. The topological polar surface area (TPSA) is 64.5 Å². The van der Waals surface area contributed by atoms with Gasteiger partial charge in [0, 0.05) is 28.5 Å². The van der Waals surface area contributed by atoms with Crippen LogP contribution in [-0.4, -0.2) is 24.9 Å². The first-order valence-electron chi connectivity index (χ1n) is 11.6. The van der Waals surface area contributed by atoms with Gasteiger partial charge >= 0.3 is 0 Å². The summed E-state index contributed by atoms with van der Waals surface area (Å²) < 4.78 is 0. The number of para-hydroxylation sites is 1. The van der Waals surface area contributed by atoms with E-state index in [9.17, 15) is 0 Å². The van der Waals surface area contributed by atoms with E-state index in [0.717, 1.165) is 51.2 Å². The summed E-state index contributed by atoms with van der Waals surface area (Å²) in [4.78, 5) is 24.0. The van der Waals surface area contributed by atoms with Crippen molar-refractivity contribution in [3.05, 3.63) is 115 Å². The lowest BCUT2D eigenvalue weighted by molar-refractivity contribution is 1.10. The van der Waals surface area contributed by atoms with Gasteiger partial charge in [0.2, 0.25) is 0 Å². The highest BCUT2D eigenvalue weighted by atomic mass is 14.9. The van der Waals surface area contributed by atoms with E-state index in [1.807, 2.05) is 54.6 Å². The van der Waals surface area contributed by atoms with Gasteiger partial charge in [-0.3, -0.25) is 0 Å². The molecule has 0 saturated carbocycles. The molecule has 1 aliphatic rings. The molecule has 0 saturated heterocycles. The minimum absolute atomic E-state index is 0.596. The number of pyridine rings is 1. The van der Waals surface area contributed by atoms with E-state index < -0.39 is 0 Å². The second-order valence-corrected chi connectivity index (χ2v) is 8.57. The van der Waals surface area contributed by atoms with Gasteiger partial charge in [-0.15, -0.1) is 0 Å². The third kappa shape index (κ3) is 3.28. The third-order valence-corrected chi connectivity index (χ3v) is 6.46. The summed E-state index contributed by atoms with van der Waals surface area (Å²) in [5.74, 6) is 0.596. The molecule has 3 heterocycles. The highest BCUT2D eigenvalue weighted by Crippen LogP contribution is 2.39. The largest absolute Gasteiger partial charge is 0.243 e. The molecule has 0 aliphatic heterocycles. The van der Waals surface area contributed by atoms with E-state index in [1.165, 1.54) is 11.1 Å². The van der Waals surface area contributed by atoms with Crippen LogP contribution in [0.5, 0.6) is 0 Å². The lowest BCUT2D eigenvalue weighted by Gasteiger charge is -2.10. The number of aromatic nitrogens is 5. The number of benzene rings is 3. The van der Waals surface area contributed by atoms with Crippen molar-refractivity contribution in [2.75, 3.05) is 0 Å². The summed E-state index contributed by atoms with van der Waals surface area (Å²) in [7, 11) is 0. The zero-order chi connectivity index (χ0) is 23.2. The summed E-state index contributed by atoms with van der Waals surface area (Å²) in [5, 5.41) is 1.02. The van der Waals surface area contributed by atoms with Gasteiger partial charge in [-0.05, 0) is 23.8 Å². The maximum Gasteiger partial charge on any atom is 0.179 e. The first-order chi connectivity index (χ1) is 17.3. The van der Waals surface area contributed by atoms with E-state index >= 15 is 0 Å². The van der Waals surface area contributed by atoms with Crippen LogP contribution in [0.3, 0.4) is 0 Å². The van der Waals surface area contributed by atoms with Gasteiger partial charge in [0.15, 0.2) is 5.82 Å². The Balaban J connectivity index is 1.38. The van der Waals surface area contributed by atoms with E-state index in [-0.39, 0.29) is 0 Å². The Morgan fingerprint density at radius 2 is 1.31 bits per heavy atom. The van der Waals surface area contributed by atoms with Gasteiger partial charge in [-0.2, -0.15) is 0 Å². The van der Waals surface area contributed by atoms with Gasteiger partial charge in [0.1, 0.15) is 12.0 Å². The normalized spacial score (nSPS) is 11.9. The highest BCUT2D eigenvalue weighted by molar-refractivity contribution is 5.93. The lowest BCUT2D eigenvalue weighted by Crippen LogP contribution is -2.00. The first-order valence-corrected chi connectivity index (χ1v) is 11.6. The number of hydrogen-bond acceptors (Lipinski definition) is 5. The van der Waals surface area contributed by atoms with Crippen molar-refractivity contribution in [3.8, 4) is 45.4 Å². The molecule has 3 aromatic carbocycles. The van der Waals surface area contributed by atoms with Crippen molar-refractivity contribution in [2.45, 2.75) is 6.42 Å². The Bertz CT molecular complexity index is 1730. The number of rotatable bonds is 3. The van der Waals surface area contributed by atoms with Crippen LogP contribution < -0.4 is 0 Å². The Morgan fingerprint density at radius 1 is 0.543 bits per heavy atom. The van der Waals surface area contributed by atoms with Gasteiger partial charge in [0.25, 0.3) is 0 Å². The van der Waals surface area contributed by atoms with Crippen LogP contribution in [0, 0.1) is 0 Å². The fraction of sp³-hybridized carbons (Fsp3) is 0.0333. The SMILES string of the molecule is c1ccc(-c2nc(-c3cccc(-c4ncnc5c4Cc4ccccc4-5)n3)nc3ccccc23)cc1. The summed E-state index contributed by atoms with van der Waals surface area (Å²) in [6.45, 7) is 0. The van der Waals surface area contributed by atoms with Gasteiger partial charge in [-0.1, -0.05) is 78.9 Å². The molecule has 0 bridgehead atoms. The Morgan fingerprint density at radius 3 is 2.26 bits per heavy atom. The van der Waals surface area contributed by atoms with Crippen molar-refractivity contribution < 1.29 is 0 Å². The molecular formula is C30H19N5. The molecule has 164 valence electrons. The average Bonchev–Trinajstić information content (AvgIpc) is 3.32. The van der Waals surface area contributed by atoms with Crippen LogP contribution in [0.2, 0.25) is 0 Å². The van der Waals surface area contributed by atoms with Crippen LogP contribution in [0.15, 0.2) is 103 Å². The Labute approximate surface area is 202 Å². The predicted octanol–water partition coefficient (Wildman–Crippen LogP) is 6.39. The summed E-state index contributed by atoms with van der Waals surface area (Å²) in [6.07, 6.45) is 2.43. The van der Waals surface area contributed by atoms with Gasteiger partial charge in [0.05, 0.1) is 28.3 Å². The van der Waals surface area contributed by atoms with Crippen molar-refractivity contribution in [1.82, 2.24) is 24.9 Å². The fourth-order valence-corrected chi connectivity index (χ4v) is 4.83. The number of nitrogens with zero attached hydrogens (tertiary/aromatic N) is 5. The third-order valence-electron chi connectivity index (χ3n) is 6.46. The maximum absolute atomic E-state index is 4.98. The van der Waals surface area contributed by atoms with Crippen molar-refractivity contribution >= 4 is 10.9 Å². The summed E-state index contributed by atoms with van der Waals surface area (Å²) in [6, 6.07) is 32.6. The van der Waals surface area contributed by atoms with Crippen LogP contribution in [0.1, 0.15) is 11.1 Å². The number of hydrogen-bond donors (Lipinski definition) is 0. The monoisotopic (exact) mass is 449 g/mol. The van der Waals surface area contributed by atoms with E-state index in [4.69, 9.17) is 15.0 Å². The molecule has 0 spiro atoms. The van der Waals surface area contributed by atoms with E-state index in [2.05, 4.69) is 52.4 Å². The highest BCUT2D eigenvalue weighted by Gasteiger charge is 2.24. The molecular weight excluding hydrogens is 430 g/mol. The molecule has 35 heavy (non-hydrogen) atoms. The molecule has 5 nitrogen and oxygen atoms in total. The molecule has 0 atom stereocenters. The van der Waals surface area contributed by atoms with Crippen LogP contribution in [-0.2, 0) is 6.42 Å². The van der Waals surface area contributed by atoms with Crippen LogP contribution >= 0.6 is 0 Å². The fourth-order valence-electron chi connectivity index (χ4n) is 4.83. The van der Waals surface area contributed by atoms with Gasteiger partial charge < -0.3 is 0 Å². The molecule has 7 rings (SSSR count). The quantitative estimate of drug-likeness (QED) is 0.313. The van der Waals surface area contributed by atoms with Crippen LogP contribution in [0.25, 0.3) is 56.3 Å². The smallest absolute Gasteiger partial charge is 0.179 e. The zero-order valence-corrected chi connectivity index (χ0v) is 18.8. The Hall–Kier alpha value is -4.77. The van der Waals surface area contributed by atoms with E-state index in [0.29, 0.717) is 11.5 Å². The first kappa shape index (κ1) is 19.7. The lowest BCUT2D eigenvalue weighted by atomic mass is 10.1. The van der Waals surface area contributed by atoms with Crippen LogP contribution in [0.4, 0.5) is 0 Å². The molecule has 0 amide bonds. The number of fused-ring (bicyclic) bond motifs is 4. The second kappa shape index (κ2) is 7.92. The standard InChI is InChI=1S/C30H19N5/c1-2-9-19(10-3-1)27-22-13-6-7-14-24(22)34-30(35-27)26-16-8-15-25(33-26)29-23-17-20-11-4-5-12-21(20)28(23)31-18-32-29/h1-16,18H,17H2. The molecule has 5 heteroatoms. The molecule has 6 aromatic rings. The van der Waals surface area contributed by atoms with Crippen molar-refractivity contribution in [3.63, 3.8) is 0 Å². The molecule has 0 N–H and O–H groups in total. The molecule has 0 unspecified atom stereocenters. The molecule has 1 aliphatic carbocycles. The maximum atomic E-state index is 4.98. The minimum atomic E-state index is 0.596. The molecule has 0 radical (unpaired) electrons. The summed E-state index contributed by atoms with van der Waals surface area (Å²) in [5.41, 5.74) is 9.76. The zero-order valence-electron chi connectivity index (χ0n) is 18.8. The second-order valence-electron chi connectivity index (χ2n) is 8.57. The molecule has 0 fully saturated rings. The Kier molecular flexibility index (Phi) is 4.45. The average molecular weight is 450 g/mol. The summed E-state index contributed by atoms with van der Waals surface area (Å²) >= 11 is 0. The van der Waals surface area contributed by atoms with Gasteiger partial charge in [-0.25, -0.2) is 24.9 Å². The molecule has 3 aromatic heterocycles. The van der Waals surface area contributed by atoms with Crippen molar-refractivity contribution in [1.29, 1.82) is 0 Å². The predicted molar refractivity (Wildman–Crippen MR) is 137 cm³/mol. The van der Waals surface area contributed by atoms with E-state index in [1.54, 1.807) is 6.33 Å². The van der Waals surface area contributed by atoms with Crippen molar-refractivity contribution in [2.24, 2.45) is 0 Å².